The highest BCUT2D eigenvalue weighted by molar-refractivity contribution is 9.10. The van der Waals surface area contributed by atoms with Gasteiger partial charge in [0.15, 0.2) is 14.6 Å². The van der Waals surface area contributed by atoms with Gasteiger partial charge in [0.05, 0.1) is 12.1 Å². The van der Waals surface area contributed by atoms with Crippen molar-refractivity contribution in [2.45, 2.75) is 50.0 Å². The predicted molar refractivity (Wildman–Crippen MR) is 105 cm³/mol. The Kier molecular flexibility index (Phi) is 7.97. The molecule has 2 unspecified atom stereocenters. The number of nitrogens with zero attached hydrogens (tertiary/aromatic N) is 1. The Hall–Kier alpha value is -1.73. The molecular weight excluding hydrogens is 458 g/mol. The smallest absolute Gasteiger partial charge is 0.408 e. The van der Waals surface area contributed by atoms with E-state index >= 15 is 0 Å². The van der Waals surface area contributed by atoms with Crippen LogP contribution in [0.15, 0.2) is 22.7 Å². The van der Waals surface area contributed by atoms with Crippen molar-refractivity contribution in [2.75, 3.05) is 12.9 Å². The first-order chi connectivity index (χ1) is 12.7. The molecule has 1 amide bonds. The summed E-state index contributed by atoms with van der Waals surface area (Å²) in [5, 5.41) is 11.7. The molecule has 1 aromatic carbocycles. The number of hydrogen-bond acceptors (Lipinski definition) is 5. The number of benzene rings is 1. The third-order valence-corrected chi connectivity index (χ3v) is 6.31. The monoisotopic (exact) mass is 480 g/mol. The van der Waals surface area contributed by atoms with Gasteiger partial charge in [0.1, 0.15) is 18.1 Å². The number of rotatable bonds is 7. The molecular formula is C18H23BrF2N2O4S. The van der Waals surface area contributed by atoms with Crippen LogP contribution in [0.5, 0.6) is 0 Å². The average molecular weight is 481 g/mol. The molecule has 0 aromatic heterocycles. The van der Waals surface area contributed by atoms with Gasteiger partial charge in [0.2, 0.25) is 0 Å². The van der Waals surface area contributed by atoms with Crippen molar-refractivity contribution >= 4 is 31.9 Å². The lowest BCUT2D eigenvalue weighted by Gasteiger charge is -2.27. The van der Waals surface area contributed by atoms with Crippen LogP contribution in [-0.4, -0.2) is 37.8 Å². The van der Waals surface area contributed by atoms with Gasteiger partial charge in [0.25, 0.3) is 0 Å². The summed E-state index contributed by atoms with van der Waals surface area (Å²) in [4.78, 5) is 12.2. The first kappa shape index (κ1) is 24.3. The molecule has 0 radical (unpaired) electrons. The molecule has 0 saturated heterocycles. The number of halogens is 3. The summed E-state index contributed by atoms with van der Waals surface area (Å²) in [5.74, 6) is -0.647. The van der Waals surface area contributed by atoms with Crippen molar-refractivity contribution in [2.24, 2.45) is 0 Å². The minimum atomic E-state index is -4.06. The van der Waals surface area contributed by atoms with Crippen LogP contribution in [0.1, 0.15) is 45.2 Å². The number of hydrogen-bond donors (Lipinski definition) is 1. The summed E-state index contributed by atoms with van der Waals surface area (Å²) in [6.45, 7) is 3.53. The second kappa shape index (κ2) is 9.18. The largest absolute Gasteiger partial charge is 0.444 e. The van der Waals surface area contributed by atoms with Crippen LogP contribution in [0.25, 0.3) is 0 Å². The highest BCUT2D eigenvalue weighted by atomic mass is 79.9. The highest BCUT2D eigenvalue weighted by Gasteiger charge is 2.42. The average Bonchev–Trinajstić information content (AvgIpc) is 2.54. The summed E-state index contributed by atoms with van der Waals surface area (Å²) < 4.78 is 55.2. The maximum absolute atomic E-state index is 14.4. The van der Waals surface area contributed by atoms with E-state index in [4.69, 9.17) is 4.74 Å². The Labute approximate surface area is 172 Å². The van der Waals surface area contributed by atoms with Crippen molar-refractivity contribution < 1.29 is 26.7 Å². The summed E-state index contributed by atoms with van der Waals surface area (Å²) in [6.07, 6.45) is -0.715. The van der Waals surface area contributed by atoms with Crippen LogP contribution in [0.3, 0.4) is 0 Å². The van der Waals surface area contributed by atoms with Gasteiger partial charge < -0.3 is 10.1 Å². The van der Waals surface area contributed by atoms with Crippen molar-refractivity contribution in [3.05, 3.63) is 34.1 Å². The van der Waals surface area contributed by atoms with E-state index in [0.717, 1.165) is 6.26 Å². The van der Waals surface area contributed by atoms with Crippen molar-refractivity contribution in [3.63, 3.8) is 0 Å². The molecule has 1 N–H and O–H groups in total. The van der Waals surface area contributed by atoms with Crippen LogP contribution < -0.4 is 5.32 Å². The van der Waals surface area contributed by atoms with Gasteiger partial charge in [-0.05, 0) is 51.8 Å². The fourth-order valence-corrected chi connectivity index (χ4v) is 3.67. The summed E-state index contributed by atoms with van der Waals surface area (Å²) in [6, 6.07) is 4.54. The number of carbonyl (C=O) groups is 1. The molecule has 0 heterocycles. The molecule has 0 saturated carbocycles. The first-order valence-electron chi connectivity index (χ1n) is 8.36. The predicted octanol–water partition coefficient (Wildman–Crippen LogP) is 4.21. The minimum absolute atomic E-state index is 0.0550. The molecule has 0 aliphatic carbocycles. The van der Waals surface area contributed by atoms with E-state index in [2.05, 4.69) is 21.2 Å². The van der Waals surface area contributed by atoms with Gasteiger partial charge in [-0.25, -0.2) is 22.0 Å². The molecule has 1 aromatic rings. The lowest BCUT2D eigenvalue weighted by Crippen LogP contribution is -2.41. The van der Waals surface area contributed by atoms with E-state index < -0.39 is 51.2 Å². The lowest BCUT2D eigenvalue weighted by atomic mass is 9.96. The molecule has 10 heteroatoms. The van der Waals surface area contributed by atoms with Crippen molar-refractivity contribution in [1.82, 2.24) is 5.32 Å². The number of alkyl halides is 1. The third-order valence-electron chi connectivity index (χ3n) is 3.99. The number of nitrogens with one attached hydrogen (secondary N) is 1. The van der Waals surface area contributed by atoms with Gasteiger partial charge in [-0.15, -0.1) is 0 Å². The Morgan fingerprint density at radius 1 is 1.39 bits per heavy atom. The fraction of sp³-hybridized carbons (Fsp3) is 0.556. The third kappa shape index (κ3) is 6.41. The molecule has 0 aliphatic heterocycles. The van der Waals surface area contributed by atoms with Crippen molar-refractivity contribution in [3.8, 4) is 6.07 Å². The van der Waals surface area contributed by atoms with Crippen LogP contribution in [-0.2, 0) is 14.6 Å². The van der Waals surface area contributed by atoms with Gasteiger partial charge in [-0.1, -0.05) is 15.9 Å². The quantitative estimate of drug-likeness (QED) is 0.630. The summed E-state index contributed by atoms with van der Waals surface area (Å²) in [5.41, 5.74) is -0.758. The molecule has 0 spiro atoms. The Balaban J connectivity index is 3.23. The summed E-state index contributed by atoms with van der Waals surface area (Å²) in [7, 11) is -4.06. The zero-order valence-corrected chi connectivity index (χ0v) is 18.5. The maximum atomic E-state index is 14.4. The van der Waals surface area contributed by atoms with Crippen LogP contribution in [0.2, 0.25) is 0 Å². The van der Waals surface area contributed by atoms with Crippen LogP contribution in [0.4, 0.5) is 13.6 Å². The molecule has 0 aliphatic rings. The number of sulfone groups is 1. The van der Waals surface area contributed by atoms with E-state index in [-0.39, 0.29) is 12.0 Å². The number of ether oxygens (including phenoxy) is 1. The number of alkyl carbamates (subject to hydrolysis) is 1. The first-order valence-corrected chi connectivity index (χ1v) is 11.0. The second-order valence-electron chi connectivity index (χ2n) is 7.42. The minimum Gasteiger partial charge on any atom is -0.444 e. The van der Waals surface area contributed by atoms with E-state index in [1.807, 2.05) is 0 Å². The van der Waals surface area contributed by atoms with Gasteiger partial charge in [-0.3, -0.25) is 0 Å². The second-order valence-corrected chi connectivity index (χ2v) is 10.7. The maximum Gasteiger partial charge on any atom is 0.408 e. The van der Waals surface area contributed by atoms with E-state index in [9.17, 15) is 27.3 Å². The highest BCUT2D eigenvalue weighted by Crippen LogP contribution is 2.31. The molecule has 0 fully saturated rings. The molecule has 156 valence electrons. The fourth-order valence-electron chi connectivity index (χ4n) is 2.43. The van der Waals surface area contributed by atoms with E-state index in [1.165, 1.54) is 24.3 Å². The van der Waals surface area contributed by atoms with Gasteiger partial charge >= 0.3 is 6.09 Å². The Bertz CT molecular complexity index is 865. The zero-order chi connectivity index (χ0) is 21.8. The molecule has 6 nitrogen and oxygen atoms in total. The van der Waals surface area contributed by atoms with Gasteiger partial charge in [-0.2, -0.15) is 5.26 Å². The van der Waals surface area contributed by atoms with Crippen LogP contribution >= 0.6 is 15.9 Å². The Morgan fingerprint density at radius 3 is 2.46 bits per heavy atom. The normalized spacial score (nSPS) is 15.2. The molecule has 0 bridgehead atoms. The van der Waals surface area contributed by atoms with E-state index in [0.29, 0.717) is 4.47 Å². The molecule has 2 atom stereocenters. The topological polar surface area (TPSA) is 96.3 Å². The van der Waals surface area contributed by atoms with Crippen molar-refractivity contribution in [1.29, 1.82) is 5.26 Å². The van der Waals surface area contributed by atoms with Crippen LogP contribution in [0, 0.1) is 17.1 Å². The number of nitriles is 1. The van der Waals surface area contributed by atoms with Gasteiger partial charge in [0, 0.05) is 16.3 Å². The zero-order valence-electron chi connectivity index (χ0n) is 16.1. The lowest BCUT2D eigenvalue weighted by molar-refractivity contribution is 0.0499. The molecule has 28 heavy (non-hydrogen) atoms. The molecule has 1 rings (SSSR count). The SMILES string of the molecule is CC(C)(C)OC(=O)NC(CCC(C#N)(CF)S(C)(=O)=O)c1cc(Br)ccc1F. The Morgan fingerprint density at radius 2 is 2.00 bits per heavy atom. The van der Waals surface area contributed by atoms with E-state index in [1.54, 1.807) is 20.8 Å². The standard InChI is InChI=1S/C18H23BrF2N2O4S/c1-17(2,3)27-16(24)23-15(13-9-12(19)5-6-14(13)21)7-8-18(10-20,11-22)28(4,25)26/h5-6,9,15H,7-8,10H2,1-4H3,(H,23,24). The summed E-state index contributed by atoms with van der Waals surface area (Å²) >= 11 is 3.21. The number of amides is 1. The number of carbonyl (C=O) groups excluding carboxylic acids is 1.